The molecule has 2 fully saturated rings. The van der Waals surface area contributed by atoms with Crippen molar-refractivity contribution in [3.05, 3.63) is 58.1 Å². The molecule has 11 heteroatoms. The van der Waals surface area contributed by atoms with Gasteiger partial charge in [0.05, 0.1) is 43.4 Å². The molecule has 1 heterocycles. The van der Waals surface area contributed by atoms with E-state index >= 15 is 0 Å². The van der Waals surface area contributed by atoms with Crippen LogP contribution in [0.15, 0.2) is 36.4 Å². The SMILES string of the molecule is COC(=O)c1ccc2c(c1)N(C[C@@H]1CC[C@H]1[C@H](O[Si](C)(C)C(C)(C)C)[C@@H]1CCC[C@H](OS(C)(=O)=O)C1)CC1(CCCc3cc(Cl)ccc31)CO2. The van der Waals surface area contributed by atoms with Gasteiger partial charge in [0, 0.05) is 23.5 Å². The summed E-state index contributed by atoms with van der Waals surface area (Å²) in [5, 5.41) is 0.798. The van der Waals surface area contributed by atoms with E-state index in [1.54, 1.807) is 6.07 Å². The van der Waals surface area contributed by atoms with E-state index in [0.29, 0.717) is 30.4 Å². The number of halogens is 1. The lowest BCUT2D eigenvalue weighted by molar-refractivity contribution is -0.0368. The summed E-state index contributed by atoms with van der Waals surface area (Å²) in [5.74, 6) is 1.34. The van der Waals surface area contributed by atoms with E-state index in [0.717, 1.165) is 87.2 Å². The number of hydrogen-bond donors (Lipinski definition) is 0. The van der Waals surface area contributed by atoms with E-state index in [1.165, 1.54) is 18.2 Å². The van der Waals surface area contributed by atoms with Crippen LogP contribution in [0.5, 0.6) is 5.75 Å². The molecule has 6 rings (SSSR count). The number of nitrogens with zero attached hydrogens (tertiary/aromatic N) is 1. The molecule has 0 amide bonds. The highest BCUT2D eigenvalue weighted by Gasteiger charge is 2.49. The van der Waals surface area contributed by atoms with E-state index in [1.807, 2.05) is 18.2 Å². The summed E-state index contributed by atoms with van der Waals surface area (Å²) in [6.07, 6.45) is 9.48. The Morgan fingerprint density at radius 3 is 2.56 bits per heavy atom. The highest BCUT2D eigenvalue weighted by molar-refractivity contribution is 7.86. The molecule has 276 valence electrons. The van der Waals surface area contributed by atoms with Gasteiger partial charge in [-0.05, 0) is 129 Å². The number of benzene rings is 2. The third-order valence-electron chi connectivity index (χ3n) is 12.5. The van der Waals surface area contributed by atoms with Gasteiger partial charge < -0.3 is 18.8 Å². The van der Waals surface area contributed by atoms with Crippen molar-refractivity contribution in [2.24, 2.45) is 17.8 Å². The molecule has 8 nitrogen and oxygen atoms in total. The minimum atomic E-state index is -3.54. The van der Waals surface area contributed by atoms with Gasteiger partial charge in [0.25, 0.3) is 10.1 Å². The number of hydrogen-bond acceptors (Lipinski definition) is 8. The quantitative estimate of drug-likeness (QED) is 0.143. The van der Waals surface area contributed by atoms with Crippen molar-refractivity contribution in [2.45, 2.75) is 114 Å². The summed E-state index contributed by atoms with van der Waals surface area (Å²) in [4.78, 5) is 15.2. The van der Waals surface area contributed by atoms with Crippen LogP contribution in [0, 0.1) is 17.8 Å². The van der Waals surface area contributed by atoms with Crippen molar-refractivity contribution in [2.75, 3.05) is 38.0 Å². The fourth-order valence-electron chi connectivity index (χ4n) is 8.76. The molecule has 1 spiro atoms. The molecule has 2 aromatic rings. The number of carbonyl (C=O) groups is 1. The third kappa shape index (κ3) is 7.94. The van der Waals surface area contributed by atoms with Crippen LogP contribution in [-0.2, 0) is 35.3 Å². The van der Waals surface area contributed by atoms with Crippen molar-refractivity contribution in [3.8, 4) is 5.75 Å². The molecule has 1 unspecified atom stereocenters. The monoisotopic (exact) mass is 745 g/mol. The van der Waals surface area contributed by atoms with Crippen LogP contribution in [0.1, 0.15) is 93.6 Å². The zero-order valence-corrected chi connectivity index (χ0v) is 33.5. The zero-order chi connectivity index (χ0) is 36.1. The first-order chi connectivity index (χ1) is 23.5. The normalized spacial score (nSPS) is 27.7. The summed E-state index contributed by atoms with van der Waals surface area (Å²) in [7, 11) is -4.30. The molecular weight excluding hydrogens is 690 g/mol. The second-order valence-corrected chi connectivity index (χ2v) is 23.8. The average Bonchev–Trinajstić information content (AvgIpc) is 3.17. The predicted molar refractivity (Wildman–Crippen MR) is 202 cm³/mol. The van der Waals surface area contributed by atoms with Gasteiger partial charge in [0.1, 0.15) is 5.75 Å². The zero-order valence-electron chi connectivity index (χ0n) is 30.9. The maximum Gasteiger partial charge on any atom is 0.337 e. The molecule has 0 bridgehead atoms. The Morgan fingerprint density at radius 2 is 1.88 bits per heavy atom. The molecule has 0 N–H and O–H groups in total. The van der Waals surface area contributed by atoms with Gasteiger partial charge in [-0.25, -0.2) is 4.79 Å². The summed E-state index contributed by atoms with van der Waals surface area (Å²) < 4.78 is 49.1. The first-order valence-electron chi connectivity index (χ1n) is 18.4. The lowest BCUT2D eigenvalue weighted by Crippen LogP contribution is -2.54. The highest BCUT2D eigenvalue weighted by atomic mass is 35.5. The number of aryl methyl sites for hydroxylation is 1. The van der Waals surface area contributed by atoms with Gasteiger partial charge in [-0.2, -0.15) is 8.42 Å². The van der Waals surface area contributed by atoms with E-state index < -0.39 is 18.4 Å². The van der Waals surface area contributed by atoms with E-state index in [9.17, 15) is 13.2 Å². The lowest BCUT2D eigenvalue weighted by atomic mass is 9.65. The number of carbonyl (C=O) groups excluding carboxylic acids is 1. The maximum absolute atomic E-state index is 12.8. The minimum Gasteiger partial charge on any atom is -0.490 e. The molecule has 6 atom stereocenters. The predicted octanol–water partition coefficient (Wildman–Crippen LogP) is 8.55. The Morgan fingerprint density at radius 1 is 1.10 bits per heavy atom. The third-order valence-corrected chi connectivity index (χ3v) is 17.8. The van der Waals surface area contributed by atoms with Crippen molar-refractivity contribution in [3.63, 3.8) is 0 Å². The lowest BCUT2D eigenvalue weighted by Gasteiger charge is -2.52. The van der Waals surface area contributed by atoms with Gasteiger partial charge in [-0.1, -0.05) is 44.9 Å². The standard InChI is InChI=1S/C39H56ClNO7SSi/c1-38(2,3)50(6,7)48-36(27-10-8-12-31(21-27)47-49(5,43)44)32-16-13-29(32)23-41-24-39(19-9-11-26-20-30(40)15-17-33(26)39)25-46-35-18-14-28(22-34(35)41)37(42)45-4/h14-15,17-18,20,22,27,29,31-32,36H,8-13,16,19,21,23-25H2,1-7H3/t27-,29+,31+,32-,36-,39?/m1/s1. The Balaban J connectivity index is 1.34. The second kappa shape index (κ2) is 14.4. The van der Waals surface area contributed by atoms with Crippen LogP contribution in [0.2, 0.25) is 23.2 Å². The van der Waals surface area contributed by atoms with Crippen LogP contribution >= 0.6 is 11.6 Å². The minimum absolute atomic E-state index is 0.0243. The average molecular weight is 746 g/mol. The van der Waals surface area contributed by atoms with E-state index in [2.05, 4.69) is 50.9 Å². The Labute approximate surface area is 305 Å². The number of esters is 1. The molecule has 4 aliphatic rings. The summed E-state index contributed by atoms with van der Waals surface area (Å²) in [5.41, 5.74) is 3.81. The van der Waals surface area contributed by atoms with Crippen LogP contribution < -0.4 is 9.64 Å². The number of ether oxygens (including phenoxy) is 2. The van der Waals surface area contributed by atoms with Gasteiger partial charge in [0.2, 0.25) is 0 Å². The van der Waals surface area contributed by atoms with Crippen LogP contribution in [0.3, 0.4) is 0 Å². The highest BCUT2D eigenvalue weighted by Crippen LogP contribution is 2.50. The van der Waals surface area contributed by atoms with Gasteiger partial charge in [-0.3, -0.25) is 4.18 Å². The van der Waals surface area contributed by atoms with Crippen LogP contribution in [0.25, 0.3) is 0 Å². The molecule has 0 radical (unpaired) electrons. The molecule has 0 saturated heterocycles. The molecular formula is C39H56ClNO7SSi. The Bertz CT molecular complexity index is 1680. The molecule has 1 aliphatic heterocycles. The molecule has 50 heavy (non-hydrogen) atoms. The fourth-order valence-corrected chi connectivity index (χ4v) is 11.0. The number of rotatable bonds is 9. The Kier molecular flexibility index (Phi) is 10.8. The number of fused-ring (bicyclic) bond motifs is 3. The maximum atomic E-state index is 12.8. The first-order valence-corrected chi connectivity index (χ1v) is 23.5. The summed E-state index contributed by atoms with van der Waals surface area (Å²) >= 11 is 6.49. The van der Waals surface area contributed by atoms with Crippen molar-refractivity contribution in [1.29, 1.82) is 0 Å². The summed E-state index contributed by atoms with van der Waals surface area (Å²) in [6, 6.07) is 12.0. The molecule has 2 saturated carbocycles. The smallest absolute Gasteiger partial charge is 0.337 e. The molecule has 3 aliphatic carbocycles. The molecule has 0 aromatic heterocycles. The molecule has 2 aromatic carbocycles. The van der Waals surface area contributed by atoms with Crippen LogP contribution in [-0.4, -0.2) is 68.0 Å². The second-order valence-electron chi connectivity index (χ2n) is 17.0. The topological polar surface area (TPSA) is 91.4 Å². The van der Waals surface area contributed by atoms with Gasteiger partial charge in [-0.15, -0.1) is 0 Å². The first kappa shape index (κ1) is 37.6. The summed E-state index contributed by atoms with van der Waals surface area (Å²) in [6.45, 7) is 13.6. The largest absolute Gasteiger partial charge is 0.490 e. The number of methoxy groups -OCH3 is 1. The van der Waals surface area contributed by atoms with Gasteiger partial charge >= 0.3 is 5.97 Å². The van der Waals surface area contributed by atoms with E-state index in [4.69, 9.17) is 29.7 Å². The number of anilines is 1. The van der Waals surface area contributed by atoms with Crippen molar-refractivity contribution in [1.82, 2.24) is 0 Å². The van der Waals surface area contributed by atoms with Crippen molar-refractivity contribution < 1.29 is 31.3 Å². The van der Waals surface area contributed by atoms with E-state index in [-0.39, 0.29) is 34.5 Å². The van der Waals surface area contributed by atoms with Crippen LogP contribution in [0.4, 0.5) is 5.69 Å². The van der Waals surface area contributed by atoms with Crippen molar-refractivity contribution >= 4 is 41.7 Å². The fraction of sp³-hybridized carbons (Fsp3) is 0.667. The Hall–Kier alpha value is -2.11. The van der Waals surface area contributed by atoms with Gasteiger partial charge in [0.15, 0.2) is 8.32 Å².